The molecule has 0 amide bonds. The summed E-state index contributed by atoms with van der Waals surface area (Å²) in [6, 6.07) is 4.09. The molecule has 0 aromatic heterocycles. The molecule has 1 aromatic carbocycles. The van der Waals surface area contributed by atoms with Crippen LogP contribution in [0.3, 0.4) is 0 Å². The van der Waals surface area contributed by atoms with Crippen molar-refractivity contribution in [1.29, 1.82) is 0 Å². The van der Waals surface area contributed by atoms with E-state index >= 15 is 0 Å². The number of nitrogens with zero attached hydrogens (tertiary/aromatic N) is 1. The van der Waals surface area contributed by atoms with Gasteiger partial charge >= 0.3 is 0 Å². The van der Waals surface area contributed by atoms with Crippen LogP contribution in [0.2, 0.25) is 0 Å². The first-order valence-electron chi connectivity index (χ1n) is 4.86. The second kappa shape index (κ2) is 4.72. The van der Waals surface area contributed by atoms with Crippen LogP contribution in [0.25, 0.3) is 5.57 Å². The normalized spacial score (nSPS) is 9.53. The van der Waals surface area contributed by atoms with E-state index in [0.717, 1.165) is 16.7 Å². The van der Waals surface area contributed by atoms with Crippen LogP contribution >= 0.6 is 0 Å². The largest absolute Gasteiger partial charge is 0.235 e. The highest BCUT2D eigenvalue weighted by Crippen LogP contribution is 2.24. The highest BCUT2D eigenvalue weighted by atomic mass is 16.1. The number of aliphatic imine (C=N–C) groups is 1. The average molecular weight is 201 g/mol. The highest BCUT2D eigenvalue weighted by molar-refractivity contribution is 5.66. The Balaban J connectivity index is 3.34. The van der Waals surface area contributed by atoms with Gasteiger partial charge in [0.15, 0.2) is 0 Å². The molecule has 0 aliphatic heterocycles. The monoisotopic (exact) mass is 201 g/mol. The second-order valence-electron chi connectivity index (χ2n) is 3.72. The van der Waals surface area contributed by atoms with Gasteiger partial charge in [0.2, 0.25) is 6.08 Å². The summed E-state index contributed by atoms with van der Waals surface area (Å²) in [4.78, 5) is 13.8. The zero-order valence-corrected chi connectivity index (χ0v) is 9.42. The molecule has 0 saturated carbocycles. The third-order valence-corrected chi connectivity index (χ3v) is 2.63. The first-order valence-corrected chi connectivity index (χ1v) is 4.86. The fourth-order valence-corrected chi connectivity index (χ4v) is 1.59. The molecule has 1 rings (SSSR count). The molecule has 0 aliphatic carbocycles. The van der Waals surface area contributed by atoms with Gasteiger partial charge < -0.3 is 0 Å². The fraction of sp³-hybridized carbons (Fsp3) is 0.308. The van der Waals surface area contributed by atoms with Crippen LogP contribution < -0.4 is 0 Å². The first-order chi connectivity index (χ1) is 7.07. The summed E-state index contributed by atoms with van der Waals surface area (Å²) in [6.07, 6.45) is 1.57. The van der Waals surface area contributed by atoms with Gasteiger partial charge in [-0.25, -0.2) is 9.79 Å². The van der Waals surface area contributed by atoms with Crippen molar-refractivity contribution < 1.29 is 4.79 Å². The minimum atomic E-state index is 0.388. The molecular formula is C13H15NO. The Bertz CT molecular complexity index is 440. The van der Waals surface area contributed by atoms with Gasteiger partial charge in [0.1, 0.15) is 0 Å². The molecule has 78 valence electrons. The molecule has 0 radical (unpaired) electrons. The Morgan fingerprint density at radius 2 is 2.13 bits per heavy atom. The maximum Gasteiger partial charge on any atom is 0.235 e. The van der Waals surface area contributed by atoms with Crippen molar-refractivity contribution >= 4 is 11.7 Å². The number of benzene rings is 1. The Kier molecular flexibility index (Phi) is 3.59. The third kappa shape index (κ3) is 2.42. The lowest BCUT2D eigenvalue weighted by Crippen LogP contribution is -1.96. The molecule has 0 heterocycles. The zero-order valence-electron chi connectivity index (χ0n) is 9.42. The van der Waals surface area contributed by atoms with Crippen LogP contribution in [-0.2, 0) is 11.3 Å². The summed E-state index contributed by atoms with van der Waals surface area (Å²) in [7, 11) is 0. The van der Waals surface area contributed by atoms with Gasteiger partial charge in [-0.3, -0.25) is 0 Å². The van der Waals surface area contributed by atoms with E-state index in [9.17, 15) is 4.79 Å². The molecule has 0 aliphatic rings. The molecule has 0 N–H and O–H groups in total. The number of hydrogen-bond acceptors (Lipinski definition) is 2. The molecule has 0 bridgehead atoms. The van der Waals surface area contributed by atoms with Gasteiger partial charge in [0.05, 0.1) is 6.54 Å². The Morgan fingerprint density at radius 3 is 2.67 bits per heavy atom. The van der Waals surface area contributed by atoms with Crippen molar-refractivity contribution in [1.82, 2.24) is 0 Å². The number of allylic oxidation sites excluding steroid dienone is 1. The first kappa shape index (κ1) is 11.4. The number of rotatable bonds is 3. The molecule has 2 nitrogen and oxygen atoms in total. The van der Waals surface area contributed by atoms with Crippen molar-refractivity contribution in [3.8, 4) is 0 Å². The predicted molar refractivity (Wildman–Crippen MR) is 62.4 cm³/mol. The minimum absolute atomic E-state index is 0.388. The summed E-state index contributed by atoms with van der Waals surface area (Å²) in [5.74, 6) is 0. The maximum atomic E-state index is 10.1. The summed E-state index contributed by atoms with van der Waals surface area (Å²) < 4.78 is 0. The van der Waals surface area contributed by atoms with Crippen molar-refractivity contribution in [2.24, 2.45) is 4.99 Å². The summed E-state index contributed by atoms with van der Waals surface area (Å²) in [6.45, 7) is 10.4. The summed E-state index contributed by atoms with van der Waals surface area (Å²) >= 11 is 0. The van der Waals surface area contributed by atoms with E-state index in [4.69, 9.17) is 0 Å². The molecule has 0 atom stereocenters. The van der Waals surface area contributed by atoms with Gasteiger partial charge in [-0.05, 0) is 43.0 Å². The lowest BCUT2D eigenvalue weighted by molar-refractivity contribution is 0.562. The van der Waals surface area contributed by atoms with Crippen LogP contribution in [-0.4, -0.2) is 6.08 Å². The Morgan fingerprint density at radius 1 is 1.47 bits per heavy atom. The highest BCUT2D eigenvalue weighted by Gasteiger charge is 2.07. The van der Waals surface area contributed by atoms with Crippen molar-refractivity contribution in [3.63, 3.8) is 0 Å². The van der Waals surface area contributed by atoms with Crippen molar-refractivity contribution in [3.05, 3.63) is 41.0 Å². The Labute approximate surface area is 90.4 Å². The molecule has 0 fully saturated rings. The van der Waals surface area contributed by atoms with Crippen molar-refractivity contribution in [2.45, 2.75) is 27.3 Å². The zero-order chi connectivity index (χ0) is 11.4. The maximum absolute atomic E-state index is 10.1. The van der Waals surface area contributed by atoms with Gasteiger partial charge in [-0.1, -0.05) is 24.3 Å². The van der Waals surface area contributed by atoms with Gasteiger partial charge in [0, 0.05) is 0 Å². The number of aryl methyl sites for hydroxylation is 1. The predicted octanol–water partition coefficient (Wildman–Crippen LogP) is 3.17. The van der Waals surface area contributed by atoms with Gasteiger partial charge in [-0.15, -0.1) is 0 Å². The molecule has 1 aromatic rings. The lowest BCUT2D eigenvalue weighted by Gasteiger charge is -2.12. The topological polar surface area (TPSA) is 29.4 Å². The van der Waals surface area contributed by atoms with E-state index in [1.807, 2.05) is 26.8 Å². The smallest absolute Gasteiger partial charge is 0.211 e. The quantitative estimate of drug-likeness (QED) is 0.545. The van der Waals surface area contributed by atoms with Crippen LogP contribution in [0.4, 0.5) is 0 Å². The average Bonchev–Trinajstić information content (AvgIpc) is 2.19. The standard InChI is InChI=1S/C13H15NO/c1-9(2)12-6-5-10(3)11(4)13(12)7-14-8-15/h5-6H,1,7H2,2-4H3. The molecule has 0 unspecified atom stereocenters. The fourth-order valence-electron chi connectivity index (χ4n) is 1.59. The van der Waals surface area contributed by atoms with E-state index in [-0.39, 0.29) is 0 Å². The van der Waals surface area contributed by atoms with Crippen molar-refractivity contribution in [2.75, 3.05) is 0 Å². The summed E-state index contributed by atoms with van der Waals surface area (Å²) in [5.41, 5.74) is 5.53. The molecule has 2 heteroatoms. The second-order valence-corrected chi connectivity index (χ2v) is 3.72. The molecule has 0 spiro atoms. The van der Waals surface area contributed by atoms with Gasteiger partial charge in [-0.2, -0.15) is 0 Å². The third-order valence-electron chi connectivity index (χ3n) is 2.63. The lowest BCUT2D eigenvalue weighted by atomic mass is 9.94. The van der Waals surface area contributed by atoms with Crippen LogP contribution in [0.5, 0.6) is 0 Å². The summed E-state index contributed by atoms with van der Waals surface area (Å²) in [5, 5.41) is 0. The number of carbonyl (C=O) groups excluding carboxylic acids is 1. The van der Waals surface area contributed by atoms with Crippen LogP contribution in [0.15, 0.2) is 23.7 Å². The SMILES string of the molecule is C=C(C)c1ccc(C)c(C)c1CN=C=O. The molecule has 0 saturated heterocycles. The Hall–Kier alpha value is -1.66. The van der Waals surface area contributed by atoms with E-state index < -0.39 is 0 Å². The minimum Gasteiger partial charge on any atom is -0.211 e. The van der Waals surface area contributed by atoms with Gasteiger partial charge in [0.25, 0.3) is 0 Å². The number of hydrogen-bond donors (Lipinski definition) is 0. The van der Waals surface area contributed by atoms with E-state index in [1.54, 1.807) is 6.08 Å². The molecular weight excluding hydrogens is 186 g/mol. The van der Waals surface area contributed by atoms with Crippen LogP contribution in [0.1, 0.15) is 29.2 Å². The van der Waals surface area contributed by atoms with E-state index in [2.05, 4.69) is 17.6 Å². The van der Waals surface area contributed by atoms with Crippen LogP contribution in [0, 0.1) is 13.8 Å². The van der Waals surface area contributed by atoms with E-state index in [0.29, 0.717) is 6.54 Å². The number of isocyanates is 1. The van der Waals surface area contributed by atoms with E-state index in [1.165, 1.54) is 11.1 Å². The molecule has 15 heavy (non-hydrogen) atoms.